The fourth-order valence-corrected chi connectivity index (χ4v) is 5.31. The number of aromatic amines is 1. The van der Waals surface area contributed by atoms with Crippen LogP contribution in [0.15, 0.2) is 79.0 Å². The van der Waals surface area contributed by atoms with E-state index in [2.05, 4.69) is 10.3 Å². The predicted molar refractivity (Wildman–Crippen MR) is 147 cm³/mol. The molecule has 2 N–H and O–H groups in total. The minimum atomic E-state index is -0.984. The summed E-state index contributed by atoms with van der Waals surface area (Å²) >= 11 is 0. The van der Waals surface area contributed by atoms with Crippen molar-refractivity contribution in [1.29, 1.82) is 0 Å². The normalized spacial score (nSPS) is 14.7. The van der Waals surface area contributed by atoms with E-state index in [4.69, 9.17) is 4.74 Å². The van der Waals surface area contributed by atoms with Crippen LogP contribution < -0.4 is 15.0 Å². The van der Waals surface area contributed by atoms with Crippen LogP contribution in [0, 0.1) is 5.82 Å². The third kappa shape index (κ3) is 5.57. The molecular formula is C31H32FN3O3. The number of anilines is 1. The molecule has 1 atom stereocenters. The summed E-state index contributed by atoms with van der Waals surface area (Å²) < 4.78 is 19.3. The van der Waals surface area contributed by atoms with Gasteiger partial charge in [0.25, 0.3) is 0 Å². The summed E-state index contributed by atoms with van der Waals surface area (Å²) in [5.41, 5.74) is 2.84. The average Bonchev–Trinajstić information content (AvgIpc) is 3.35. The first-order chi connectivity index (χ1) is 18.5. The second-order valence-electron chi connectivity index (χ2n) is 9.80. The van der Waals surface area contributed by atoms with Crippen molar-refractivity contribution < 1.29 is 18.7 Å². The van der Waals surface area contributed by atoms with E-state index >= 15 is 0 Å². The van der Waals surface area contributed by atoms with Crippen LogP contribution in [0.1, 0.15) is 49.3 Å². The number of amides is 2. The van der Waals surface area contributed by atoms with Crippen molar-refractivity contribution in [2.75, 3.05) is 12.0 Å². The van der Waals surface area contributed by atoms with Gasteiger partial charge in [0.1, 0.15) is 17.6 Å². The van der Waals surface area contributed by atoms with Crippen LogP contribution in [0.4, 0.5) is 10.1 Å². The van der Waals surface area contributed by atoms with Gasteiger partial charge in [-0.2, -0.15) is 0 Å². The molecule has 0 unspecified atom stereocenters. The van der Waals surface area contributed by atoms with Crippen molar-refractivity contribution in [2.45, 2.75) is 50.6 Å². The summed E-state index contributed by atoms with van der Waals surface area (Å²) in [4.78, 5) is 32.8. The molecule has 1 fully saturated rings. The smallest absolute Gasteiger partial charge is 0.248 e. The highest BCUT2D eigenvalue weighted by Crippen LogP contribution is 2.32. The molecule has 5 rings (SSSR count). The number of rotatable bonds is 8. The van der Waals surface area contributed by atoms with E-state index in [0.717, 1.165) is 48.6 Å². The number of carbonyl (C=O) groups excluding carboxylic acids is 2. The molecule has 0 spiro atoms. The Morgan fingerprint density at radius 1 is 1.03 bits per heavy atom. The molecule has 0 aliphatic heterocycles. The number of fused-ring (bicyclic) bond motifs is 1. The Morgan fingerprint density at radius 3 is 2.55 bits per heavy atom. The zero-order valence-corrected chi connectivity index (χ0v) is 21.5. The van der Waals surface area contributed by atoms with Gasteiger partial charge in [-0.15, -0.1) is 0 Å². The molecule has 0 bridgehead atoms. The lowest BCUT2D eigenvalue weighted by Gasteiger charge is -2.33. The fourth-order valence-electron chi connectivity index (χ4n) is 5.31. The van der Waals surface area contributed by atoms with E-state index in [9.17, 15) is 14.0 Å². The Balaban J connectivity index is 1.57. The summed E-state index contributed by atoms with van der Waals surface area (Å²) in [6, 6.07) is 19.8. The summed E-state index contributed by atoms with van der Waals surface area (Å²) in [7, 11) is 1.56. The molecule has 38 heavy (non-hydrogen) atoms. The lowest BCUT2D eigenvalue weighted by molar-refractivity contribution is -0.127. The summed E-state index contributed by atoms with van der Waals surface area (Å²) in [6.07, 6.45) is 7.01. The first-order valence-corrected chi connectivity index (χ1v) is 13.1. The third-order valence-electron chi connectivity index (χ3n) is 7.26. The maximum atomic E-state index is 14.1. The van der Waals surface area contributed by atoms with E-state index < -0.39 is 11.9 Å². The number of halogens is 1. The van der Waals surface area contributed by atoms with Gasteiger partial charge >= 0.3 is 0 Å². The summed E-state index contributed by atoms with van der Waals surface area (Å²) in [6.45, 7) is 0. The van der Waals surface area contributed by atoms with Gasteiger partial charge in [-0.1, -0.05) is 55.7 Å². The highest BCUT2D eigenvalue weighted by molar-refractivity contribution is 6.03. The van der Waals surface area contributed by atoms with E-state index in [1.54, 1.807) is 43.5 Å². The number of ether oxygens (including phenoxy) is 1. The molecule has 0 radical (unpaired) electrons. The van der Waals surface area contributed by atoms with Crippen LogP contribution in [-0.4, -0.2) is 29.9 Å². The summed E-state index contributed by atoms with van der Waals surface area (Å²) in [5.74, 6) is -0.370. The first-order valence-electron chi connectivity index (χ1n) is 13.1. The molecule has 196 valence electrons. The van der Waals surface area contributed by atoms with Crippen molar-refractivity contribution in [2.24, 2.45) is 0 Å². The Hall–Kier alpha value is -4.13. The van der Waals surface area contributed by atoms with Crippen LogP contribution in [0.3, 0.4) is 0 Å². The SMILES string of the molecule is COc1cccc(N(C(=O)Cc2c[nH]c3ccccc23)[C@@H](C(=O)NC2CCCCC2)c2ccc(F)cc2)c1. The number of hydrogen-bond donors (Lipinski definition) is 2. The van der Waals surface area contributed by atoms with Gasteiger partial charge in [0.15, 0.2) is 0 Å². The fraction of sp³-hybridized carbons (Fsp3) is 0.290. The van der Waals surface area contributed by atoms with Gasteiger partial charge < -0.3 is 15.0 Å². The number of aromatic nitrogens is 1. The number of carbonyl (C=O) groups is 2. The number of methoxy groups -OCH3 is 1. The van der Waals surface area contributed by atoms with E-state index in [0.29, 0.717) is 17.0 Å². The lowest BCUT2D eigenvalue weighted by Crippen LogP contribution is -2.47. The van der Waals surface area contributed by atoms with E-state index in [-0.39, 0.29) is 24.3 Å². The van der Waals surface area contributed by atoms with Gasteiger partial charge in [0.2, 0.25) is 11.8 Å². The zero-order chi connectivity index (χ0) is 26.5. The number of nitrogens with one attached hydrogen (secondary N) is 2. The minimum Gasteiger partial charge on any atom is -0.497 e. The Kier molecular flexibility index (Phi) is 7.73. The molecule has 1 aliphatic rings. The maximum Gasteiger partial charge on any atom is 0.248 e. The second kappa shape index (κ2) is 11.5. The van der Waals surface area contributed by atoms with Crippen molar-refractivity contribution in [3.05, 3.63) is 95.9 Å². The zero-order valence-electron chi connectivity index (χ0n) is 21.5. The van der Waals surface area contributed by atoms with Crippen molar-refractivity contribution in [3.63, 3.8) is 0 Å². The van der Waals surface area contributed by atoms with Gasteiger partial charge in [0, 0.05) is 34.9 Å². The van der Waals surface area contributed by atoms with Crippen molar-refractivity contribution in [1.82, 2.24) is 10.3 Å². The molecule has 6 nitrogen and oxygen atoms in total. The average molecular weight is 514 g/mol. The Morgan fingerprint density at radius 2 is 1.79 bits per heavy atom. The van der Waals surface area contributed by atoms with Crippen LogP contribution >= 0.6 is 0 Å². The third-order valence-corrected chi connectivity index (χ3v) is 7.26. The maximum absolute atomic E-state index is 14.1. The molecule has 0 saturated heterocycles. The predicted octanol–water partition coefficient (Wildman–Crippen LogP) is 6.08. The van der Waals surface area contributed by atoms with E-state index in [1.807, 2.05) is 30.5 Å². The molecule has 1 aliphatic carbocycles. The molecule has 1 aromatic heterocycles. The Labute approximate surface area is 221 Å². The van der Waals surface area contributed by atoms with Crippen molar-refractivity contribution >= 4 is 28.4 Å². The first kappa shape index (κ1) is 25.5. The second-order valence-corrected chi connectivity index (χ2v) is 9.80. The summed E-state index contributed by atoms with van der Waals surface area (Å²) in [5, 5.41) is 4.15. The van der Waals surface area contributed by atoms with Crippen LogP contribution in [0.25, 0.3) is 10.9 Å². The number of para-hydroxylation sites is 1. The Bertz CT molecular complexity index is 1410. The monoisotopic (exact) mass is 513 g/mol. The topological polar surface area (TPSA) is 74.4 Å². The van der Waals surface area contributed by atoms with Crippen LogP contribution in [-0.2, 0) is 16.0 Å². The molecule has 3 aromatic carbocycles. The van der Waals surface area contributed by atoms with Crippen LogP contribution in [0.2, 0.25) is 0 Å². The molecular weight excluding hydrogens is 481 g/mol. The highest BCUT2D eigenvalue weighted by Gasteiger charge is 2.34. The molecule has 1 saturated carbocycles. The largest absolute Gasteiger partial charge is 0.497 e. The number of benzene rings is 3. The minimum absolute atomic E-state index is 0.0510. The van der Waals surface area contributed by atoms with Crippen LogP contribution in [0.5, 0.6) is 5.75 Å². The van der Waals surface area contributed by atoms with Gasteiger partial charge in [-0.05, 0) is 54.3 Å². The van der Waals surface area contributed by atoms with Gasteiger partial charge in [-0.25, -0.2) is 4.39 Å². The quantitative estimate of drug-likeness (QED) is 0.300. The number of hydrogen-bond acceptors (Lipinski definition) is 3. The molecule has 2 amide bonds. The number of nitrogens with zero attached hydrogens (tertiary/aromatic N) is 1. The van der Waals surface area contributed by atoms with E-state index in [1.165, 1.54) is 17.0 Å². The highest BCUT2D eigenvalue weighted by atomic mass is 19.1. The molecule has 1 heterocycles. The standard InChI is InChI=1S/C31H32FN3O3/c1-38-26-11-7-10-25(19-26)35(29(36)18-22-20-33-28-13-6-5-12-27(22)28)30(21-14-16-23(32)17-15-21)31(37)34-24-8-3-2-4-9-24/h5-7,10-17,19-20,24,30,33H,2-4,8-9,18H2,1H3,(H,34,37)/t30-/m1/s1. The van der Waals surface area contributed by atoms with Gasteiger partial charge in [0.05, 0.1) is 13.5 Å². The van der Waals surface area contributed by atoms with Gasteiger partial charge in [-0.3, -0.25) is 14.5 Å². The molecule has 7 heteroatoms. The van der Waals surface area contributed by atoms with Crippen molar-refractivity contribution in [3.8, 4) is 5.75 Å². The molecule has 4 aromatic rings. The lowest BCUT2D eigenvalue weighted by atomic mass is 9.94. The number of H-pyrrole nitrogens is 1.